The Morgan fingerprint density at radius 3 is 2.90 bits per heavy atom. The molecule has 0 spiro atoms. The van der Waals surface area contributed by atoms with Crippen LogP contribution in [-0.4, -0.2) is 21.0 Å². The maximum atomic E-state index is 4.64. The number of hydrogen-bond acceptors (Lipinski definition) is 4. The van der Waals surface area contributed by atoms with Gasteiger partial charge in [-0.25, -0.2) is 9.97 Å². The number of aromatic nitrogens is 3. The number of aryl methyl sites for hydroxylation is 1. The molecule has 4 nitrogen and oxygen atoms in total. The van der Waals surface area contributed by atoms with Crippen LogP contribution < -0.4 is 5.32 Å². The quantitative estimate of drug-likeness (QED) is 0.869. The molecule has 0 saturated carbocycles. The highest BCUT2D eigenvalue weighted by Crippen LogP contribution is 2.20. The van der Waals surface area contributed by atoms with Crippen molar-refractivity contribution >= 4 is 5.82 Å². The summed E-state index contributed by atoms with van der Waals surface area (Å²) in [5.41, 5.74) is 1.86. The lowest BCUT2D eigenvalue weighted by Gasteiger charge is -2.20. The minimum absolute atomic E-state index is 0.464. The second-order valence-corrected chi connectivity index (χ2v) is 5.26. The average molecular weight is 280 g/mol. The Labute approximate surface area is 125 Å². The van der Waals surface area contributed by atoms with Crippen LogP contribution in [0, 0.1) is 0 Å². The van der Waals surface area contributed by atoms with Gasteiger partial charge < -0.3 is 5.32 Å². The Hall–Kier alpha value is -2.23. The van der Waals surface area contributed by atoms with Gasteiger partial charge in [0.05, 0.1) is 0 Å². The lowest BCUT2D eigenvalue weighted by molar-refractivity contribution is 0.641. The summed E-state index contributed by atoms with van der Waals surface area (Å²) in [6.45, 7) is 2.11. The van der Waals surface area contributed by atoms with E-state index >= 15 is 0 Å². The minimum atomic E-state index is 0.464. The third kappa shape index (κ3) is 3.45. The first kappa shape index (κ1) is 13.7. The number of rotatable bonds is 4. The van der Waals surface area contributed by atoms with Crippen molar-refractivity contribution in [3.63, 3.8) is 0 Å². The maximum Gasteiger partial charge on any atom is 0.180 e. The van der Waals surface area contributed by atoms with Crippen molar-refractivity contribution in [3.05, 3.63) is 48.3 Å². The van der Waals surface area contributed by atoms with Crippen LogP contribution in [0.1, 0.15) is 31.9 Å². The summed E-state index contributed by atoms with van der Waals surface area (Å²) >= 11 is 0. The number of nitrogens with zero attached hydrogens (tertiary/aromatic N) is 3. The van der Waals surface area contributed by atoms with E-state index in [0.717, 1.165) is 42.9 Å². The normalized spacial score (nSPS) is 17.7. The molecule has 3 rings (SSSR count). The molecule has 4 heteroatoms. The van der Waals surface area contributed by atoms with Crippen LogP contribution in [0.25, 0.3) is 11.5 Å². The molecule has 0 aromatic carbocycles. The van der Waals surface area contributed by atoms with Gasteiger partial charge in [0, 0.05) is 24.0 Å². The minimum Gasteiger partial charge on any atom is -0.367 e. The molecule has 1 unspecified atom stereocenters. The molecule has 2 aromatic rings. The van der Waals surface area contributed by atoms with Crippen LogP contribution in [0.15, 0.2) is 42.6 Å². The topological polar surface area (TPSA) is 50.7 Å². The van der Waals surface area contributed by atoms with Gasteiger partial charge in [-0.1, -0.05) is 25.1 Å². The monoisotopic (exact) mass is 280 g/mol. The second kappa shape index (κ2) is 6.48. The molecule has 0 aliphatic heterocycles. The molecule has 2 aromatic heterocycles. The van der Waals surface area contributed by atoms with E-state index in [1.165, 1.54) is 0 Å². The van der Waals surface area contributed by atoms with Crippen LogP contribution in [0.4, 0.5) is 5.82 Å². The zero-order valence-electron chi connectivity index (χ0n) is 12.3. The van der Waals surface area contributed by atoms with Gasteiger partial charge in [0.2, 0.25) is 0 Å². The molecule has 2 heterocycles. The van der Waals surface area contributed by atoms with Crippen LogP contribution >= 0.6 is 0 Å². The number of pyridine rings is 1. The third-order valence-electron chi connectivity index (χ3n) is 3.66. The van der Waals surface area contributed by atoms with Crippen molar-refractivity contribution < 1.29 is 0 Å². The van der Waals surface area contributed by atoms with E-state index in [1.54, 1.807) is 6.20 Å². The Bertz CT molecular complexity index is 622. The van der Waals surface area contributed by atoms with Gasteiger partial charge in [-0.2, -0.15) is 0 Å². The summed E-state index contributed by atoms with van der Waals surface area (Å²) in [5, 5.41) is 3.54. The van der Waals surface area contributed by atoms with E-state index in [9.17, 15) is 0 Å². The summed E-state index contributed by atoms with van der Waals surface area (Å²) < 4.78 is 0. The van der Waals surface area contributed by atoms with E-state index in [2.05, 4.69) is 39.3 Å². The summed E-state index contributed by atoms with van der Waals surface area (Å²) in [6.07, 6.45) is 10.5. The van der Waals surface area contributed by atoms with E-state index in [-0.39, 0.29) is 0 Å². The number of hydrogen-bond donors (Lipinski definition) is 1. The van der Waals surface area contributed by atoms with Crippen molar-refractivity contribution in [2.24, 2.45) is 0 Å². The molecule has 0 bridgehead atoms. The van der Waals surface area contributed by atoms with Crippen LogP contribution in [0.5, 0.6) is 0 Å². The Kier molecular flexibility index (Phi) is 4.24. The molecule has 21 heavy (non-hydrogen) atoms. The summed E-state index contributed by atoms with van der Waals surface area (Å²) in [7, 11) is 0. The standard InChI is InChI=1S/C17H20N4/c1-2-13-12-16(19-14-8-4-3-5-9-14)21-17(20-13)15-10-6-7-11-18-15/h3-4,6-7,10-12,14H,2,5,8-9H2,1H3,(H,19,20,21). The fraction of sp³-hybridized carbons (Fsp3) is 0.353. The second-order valence-electron chi connectivity index (χ2n) is 5.26. The van der Waals surface area contributed by atoms with Gasteiger partial charge in [-0.3, -0.25) is 4.98 Å². The molecule has 0 fully saturated rings. The zero-order chi connectivity index (χ0) is 14.5. The molecular formula is C17H20N4. The van der Waals surface area contributed by atoms with Gasteiger partial charge in [-0.05, 0) is 37.8 Å². The fourth-order valence-electron chi connectivity index (χ4n) is 2.50. The molecule has 1 atom stereocenters. The van der Waals surface area contributed by atoms with Gasteiger partial charge in [0.1, 0.15) is 11.5 Å². The van der Waals surface area contributed by atoms with Crippen LogP contribution in [-0.2, 0) is 6.42 Å². The predicted octanol–water partition coefficient (Wildman–Crippen LogP) is 3.62. The Morgan fingerprint density at radius 2 is 2.19 bits per heavy atom. The molecule has 0 radical (unpaired) electrons. The molecule has 1 aliphatic rings. The fourth-order valence-corrected chi connectivity index (χ4v) is 2.50. The highest BCUT2D eigenvalue weighted by molar-refractivity contribution is 5.53. The van der Waals surface area contributed by atoms with Gasteiger partial charge in [0.15, 0.2) is 5.82 Å². The molecular weight excluding hydrogens is 260 g/mol. The van der Waals surface area contributed by atoms with Gasteiger partial charge >= 0.3 is 0 Å². The molecule has 108 valence electrons. The van der Waals surface area contributed by atoms with Crippen LogP contribution in [0.3, 0.4) is 0 Å². The highest BCUT2D eigenvalue weighted by atomic mass is 15.1. The summed E-state index contributed by atoms with van der Waals surface area (Å²) in [5.74, 6) is 1.60. The molecule has 0 saturated heterocycles. The molecule has 1 aliphatic carbocycles. The zero-order valence-corrected chi connectivity index (χ0v) is 12.3. The lowest BCUT2D eigenvalue weighted by atomic mass is 10.0. The largest absolute Gasteiger partial charge is 0.367 e. The summed E-state index contributed by atoms with van der Waals surface area (Å²) in [6, 6.07) is 8.32. The number of anilines is 1. The lowest BCUT2D eigenvalue weighted by Crippen LogP contribution is -2.21. The van der Waals surface area contributed by atoms with Crippen molar-refractivity contribution in [1.29, 1.82) is 0 Å². The third-order valence-corrected chi connectivity index (χ3v) is 3.66. The van der Waals surface area contributed by atoms with Gasteiger partial charge in [0.25, 0.3) is 0 Å². The van der Waals surface area contributed by atoms with Crippen molar-refractivity contribution in [2.45, 2.75) is 38.6 Å². The first-order valence-electron chi connectivity index (χ1n) is 7.56. The maximum absolute atomic E-state index is 4.64. The molecule has 1 N–H and O–H groups in total. The van der Waals surface area contributed by atoms with Crippen LogP contribution in [0.2, 0.25) is 0 Å². The Morgan fingerprint density at radius 1 is 1.24 bits per heavy atom. The number of allylic oxidation sites excluding steroid dienone is 1. The van der Waals surface area contributed by atoms with Gasteiger partial charge in [-0.15, -0.1) is 0 Å². The van der Waals surface area contributed by atoms with E-state index in [1.807, 2.05) is 24.3 Å². The van der Waals surface area contributed by atoms with E-state index in [4.69, 9.17) is 0 Å². The van der Waals surface area contributed by atoms with E-state index < -0.39 is 0 Å². The average Bonchev–Trinajstić information content (AvgIpc) is 2.56. The SMILES string of the molecule is CCc1cc(NC2CC=CCC2)nc(-c2ccccn2)n1. The van der Waals surface area contributed by atoms with Crippen molar-refractivity contribution in [2.75, 3.05) is 5.32 Å². The molecule has 0 amide bonds. The highest BCUT2D eigenvalue weighted by Gasteiger charge is 2.12. The smallest absolute Gasteiger partial charge is 0.180 e. The van der Waals surface area contributed by atoms with Crippen molar-refractivity contribution in [1.82, 2.24) is 15.0 Å². The predicted molar refractivity (Wildman–Crippen MR) is 85.0 cm³/mol. The first-order chi connectivity index (χ1) is 10.3. The van der Waals surface area contributed by atoms with E-state index in [0.29, 0.717) is 11.9 Å². The summed E-state index contributed by atoms with van der Waals surface area (Å²) in [4.78, 5) is 13.6. The Balaban J connectivity index is 1.88. The number of nitrogens with one attached hydrogen (secondary N) is 1. The van der Waals surface area contributed by atoms with Crippen molar-refractivity contribution in [3.8, 4) is 11.5 Å². The first-order valence-corrected chi connectivity index (χ1v) is 7.56.